The molecular formula is C13H26N6. The van der Waals surface area contributed by atoms with Crippen LogP contribution in [-0.2, 0) is 13.5 Å². The van der Waals surface area contributed by atoms with E-state index < -0.39 is 0 Å². The highest BCUT2D eigenvalue weighted by atomic mass is 15.6. The summed E-state index contributed by atoms with van der Waals surface area (Å²) in [6, 6.07) is 0.238. The van der Waals surface area contributed by atoms with Gasteiger partial charge in [0.1, 0.15) is 0 Å². The molecular weight excluding hydrogens is 240 g/mol. The van der Waals surface area contributed by atoms with Crippen LogP contribution >= 0.6 is 0 Å². The van der Waals surface area contributed by atoms with Crippen molar-refractivity contribution in [2.45, 2.75) is 58.4 Å². The zero-order chi connectivity index (χ0) is 13.9. The molecule has 0 aromatic carbocycles. The molecule has 0 bridgehead atoms. The van der Waals surface area contributed by atoms with Gasteiger partial charge in [-0.25, -0.2) is 0 Å². The van der Waals surface area contributed by atoms with Crippen molar-refractivity contribution in [1.29, 1.82) is 0 Å². The summed E-state index contributed by atoms with van der Waals surface area (Å²) in [5.41, 5.74) is 3.32. The highest BCUT2D eigenvalue weighted by Gasteiger charge is 2.41. The smallest absolute Gasteiger partial charge is 0.176 e. The van der Waals surface area contributed by atoms with Gasteiger partial charge in [-0.05, 0) is 35.8 Å². The summed E-state index contributed by atoms with van der Waals surface area (Å²) in [6.07, 6.45) is 7.08. The summed E-state index contributed by atoms with van der Waals surface area (Å²) < 4.78 is 0. The van der Waals surface area contributed by atoms with Crippen molar-refractivity contribution in [3.8, 4) is 0 Å². The Kier molecular flexibility index (Phi) is 4.52. The van der Waals surface area contributed by atoms with Crippen molar-refractivity contribution in [1.82, 2.24) is 25.6 Å². The molecule has 108 valence electrons. The van der Waals surface area contributed by atoms with Gasteiger partial charge in [-0.15, -0.1) is 10.2 Å². The number of hydrogen-bond acceptors (Lipinski definition) is 5. The zero-order valence-corrected chi connectivity index (χ0v) is 12.3. The van der Waals surface area contributed by atoms with E-state index in [0.29, 0.717) is 11.3 Å². The Bertz CT molecular complexity index is 394. The van der Waals surface area contributed by atoms with Crippen LogP contribution in [0.3, 0.4) is 0 Å². The van der Waals surface area contributed by atoms with Gasteiger partial charge in [-0.2, -0.15) is 4.80 Å². The summed E-state index contributed by atoms with van der Waals surface area (Å²) in [5.74, 6) is 7.30. The van der Waals surface area contributed by atoms with Crippen molar-refractivity contribution in [3.63, 3.8) is 0 Å². The lowest BCUT2D eigenvalue weighted by molar-refractivity contribution is 0.153. The van der Waals surface area contributed by atoms with Gasteiger partial charge in [0.15, 0.2) is 5.82 Å². The Labute approximate surface area is 115 Å². The van der Waals surface area contributed by atoms with Crippen LogP contribution in [-0.4, -0.2) is 26.2 Å². The standard InChI is InChI=1S/C13H26N6/c1-10(2)9-13(6-4-5-7-13)11(15-14)8-12-16-18-19(3)17-12/h10-11,15H,4-9,14H2,1-3H3. The Morgan fingerprint density at radius 3 is 2.53 bits per heavy atom. The third-order valence-electron chi connectivity index (χ3n) is 4.29. The topological polar surface area (TPSA) is 81.7 Å². The molecule has 0 amide bonds. The van der Waals surface area contributed by atoms with Gasteiger partial charge in [-0.3, -0.25) is 11.3 Å². The lowest BCUT2D eigenvalue weighted by atomic mass is 9.71. The van der Waals surface area contributed by atoms with Crippen LogP contribution in [0, 0.1) is 11.3 Å². The highest BCUT2D eigenvalue weighted by molar-refractivity contribution is 4.98. The molecule has 0 saturated heterocycles. The number of aryl methyl sites for hydroxylation is 1. The second-order valence-corrected chi connectivity index (χ2v) is 6.29. The van der Waals surface area contributed by atoms with E-state index in [-0.39, 0.29) is 6.04 Å². The fourth-order valence-electron chi connectivity index (χ4n) is 3.63. The summed E-state index contributed by atoms with van der Waals surface area (Å²) in [6.45, 7) is 4.57. The predicted molar refractivity (Wildman–Crippen MR) is 74.0 cm³/mol. The van der Waals surface area contributed by atoms with Gasteiger partial charge in [0, 0.05) is 12.5 Å². The molecule has 1 heterocycles. The van der Waals surface area contributed by atoms with E-state index in [2.05, 4.69) is 34.7 Å². The molecule has 1 saturated carbocycles. The molecule has 0 aliphatic heterocycles. The molecule has 0 radical (unpaired) electrons. The van der Waals surface area contributed by atoms with Gasteiger partial charge < -0.3 is 0 Å². The predicted octanol–water partition coefficient (Wildman–Crippen LogP) is 1.19. The number of aromatic nitrogens is 4. The molecule has 1 fully saturated rings. The van der Waals surface area contributed by atoms with Crippen molar-refractivity contribution < 1.29 is 0 Å². The molecule has 1 aromatic rings. The lowest BCUT2D eigenvalue weighted by Gasteiger charge is -2.38. The number of hydrogen-bond donors (Lipinski definition) is 2. The fraction of sp³-hybridized carbons (Fsp3) is 0.923. The van der Waals surface area contributed by atoms with E-state index in [1.807, 2.05) is 0 Å². The van der Waals surface area contributed by atoms with Crippen molar-refractivity contribution >= 4 is 0 Å². The number of hydrazine groups is 1. The molecule has 6 nitrogen and oxygen atoms in total. The lowest BCUT2D eigenvalue weighted by Crippen LogP contribution is -2.49. The van der Waals surface area contributed by atoms with Gasteiger partial charge >= 0.3 is 0 Å². The van der Waals surface area contributed by atoms with E-state index in [0.717, 1.165) is 12.2 Å². The third-order valence-corrected chi connectivity index (χ3v) is 4.29. The van der Waals surface area contributed by atoms with Crippen LogP contribution < -0.4 is 11.3 Å². The number of tetrazole rings is 1. The monoisotopic (exact) mass is 266 g/mol. The zero-order valence-electron chi connectivity index (χ0n) is 12.3. The quantitative estimate of drug-likeness (QED) is 0.597. The maximum atomic E-state index is 5.84. The van der Waals surface area contributed by atoms with Crippen LogP contribution in [0.1, 0.15) is 51.8 Å². The van der Waals surface area contributed by atoms with Crippen LogP contribution in [0.5, 0.6) is 0 Å². The molecule has 19 heavy (non-hydrogen) atoms. The van der Waals surface area contributed by atoms with Crippen LogP contribution in [0.25, 0.3) is 0 Å². The SMILES string of the molecule is CC(C)CC1(C(Cc2nnn(C)n2)NN)CCCC1. The van der Waals surface area contributed by atoms with E-state index in [9.17, 15) is 0 Å². The minimum absolute atomic E-state index is 0.238. The number of rotatable bonds is 6. The first-order valence-corrected chi connectivity index (χ1v) is 7.25. The van der Waals surface area contributed by atoms with Crippen molar-refractivity contribution in [3.05, 3.63) is 5.82 Å². The Morgan fingerprint density at radius 1 is 1.37 bits per heavy atom. The number of nitrogens with two attached hydrogens (primary N) is 1. The first kappa shape index (κ1) is 14.4. The Balaban J connectivity index is 2.13. The van der Waals surface area contributed by atoms with Gasteiger partial charge in [-0.1, -0.05) is 26.7 Å². The number of nitrogens with one attached hydrogen (secondary N) is 1. The van der Waals surface area contributed by atoms with E-state index in [1.54, 1.807) is 7.05 Å². The molecule has 1 aliphatic rings. The summed E-state index contributed by atoms with van der Waals surface area (Å²) in [7, 11) is 1.79. The Hall–Kier alpha value is -1.01. The first-order valence-electron chi connectivity index (χ1n) is 7.25. The average Bonchev–Trinajstić information content (AvgIpc) is 2.95. The van der Waals surface area contributed by atoms with Crippen LogP contribution in [0.2, 0.25) is 0 Å². The van der Waals surface area contributed by atoms with Crippen LogP contribution in [0.15, 0.2) is 0 Å². The Morgan fingerprint density at radius 2 is 2.05 bits per heavy atom. The summed E-state index contributed by atoms with van der Waals surface area (Å²) in [5, 5.41) is 12.3. The normalized spacial score (nSPS) is 20.1. The van der Waals surface area contributed by atoms with E-state index in [4.69, 9.17) is 5.84 Å². The molecule has 0 spiro atoms. The maximum absolute atomic E-state index is 5.84. The molecule has 1 unspecified atom stereocenters. The minimum Gasteiger partial charge on any atom is -0.271 e. The van der Waals surface area contributed by atoms with Crippen molar-refractivity contribution in [2.75, 3.05) is 0 Å². The second kappa shape index (κ2) is 5.96. The first-order chi connectivity index (χ1) is 9.05. The molecule has 1 aromatic heterocycles. The molecule has 6 heteroatoms. The van der Waals surface area contributed by atoms with Gasteiger partial charge in [0.05, 0.1) is 7.05 Å². The van der Waals surface area contributed by atoms with E-state index in [1.165, 1.54) is 36.9 Å². The summed E-state index contributed by atoms with van der Waals surface area (Å²) >= 11 is 0. The maximum Gasteiger partial charge on any atom is 0.176 e. The van der Waals surface area contributed by atoms with Crippen LogP contribution in [0.4, 0.5) is 0 Å². The van der Waals surface area contributed by atoms with Gasteiger partial charge in [0.25, 0.3) is 0 Å². The molecule has 1 aliphatic carbocycles. The van der Waals surface area contributed by atoms with Crippen molar-refractivity contribution in [2.24, 2.45) is 24.2 Å². The molecule has 1 atom stereocenters. The largest absolute Gasteiger partial charge is 0.271 e. The third kappa shape index (κ3) is 3.30. The minimum atomic E-state index is 0.238. The van der Waals surface area contributed by atoms with Gasteiger partial charge in [0.2, 0.25) is 0 Å². The summed E-state index contributed by atoms with van der Waals surface area (Å²) in [4.78, 5) is 1.51. The second-order valence-electron chi connectivity index (χ2n) is 6.29. The fourth-order valence-corrected chi connectivity index (χ4v) is 3.63. The average molecular weight is 266 g/mol. The van der Waals surface area contributed by atoms with E-state index >= 15 is 0 Å². The molecule has 2 rings (SSSR count). The molecule has 3 N–H and O–H groups in total. The highest BCUT2D eigenvalue weighted by Crippen LogP contribution is 2.46. The number of nitrogens with zero attached hydrogens (tertiary/aromatic N) is 4.